The third-order valence-electron chi connectivity index (χ3n) is 5.87. The van der Waals surface area contributed by atoms with Crippen molar-refractivity contribution in [2.24, 2.45) is 0 Å². The van der Waals surface area contributed by atoms with E-state index in [1.165, 1.54) is 12.3 Å². The van der Waals surface area contributed by atoms with Crippen molar-refractivity contribution in [3.8, 4) is 0 Å². The van der Waals surface area contributed by atoms with Crippen LogP contribution in [0.1, 0.15) is 18.4 Å². The van der Waals surface area contributed by atoms with Gasteiger partial charge in [-0.1, -0.05) is 12.1 Å². The lowest BCUT2D eigenvalue weighted by molar-refractivity contribution is -0.389. The number of amides is 3. The van der Waals surface area contributed by atoms with Crippen molar-refractivity contribution in [3.63, 3.8) is 0 Å². The van der Waals surface area contributed by atoms with Crippen molar-refractivity contribution in [2.45, 2.75) is 19.3 Å². The van der Waals surface area contributed by atoms with E-state index >= 15 is 0 Å². The van der Waals surface area contributed by atoms with Crippen LogP contribution < -0.4 is 10.2 Å². The van der Waals surface area contributed by atoms with Gasteiger partial charge in [-0.05, 0) is 46.5 Å². The van der Waals surface area contributed by atoms with Gasteiger partial charge in [-0.25, -0.2) is 4.79 Å². The number of carbonyl (C=O) groups is 2. The standard InChI is InChI=1S/C22H26N6O4/c29-21(26-9-1-2-10-26)15-17-3-5-18(6-4-17)24-22(30)27-13-11-25(12-14-27)19-7-8-20(23-16-19)28(31)32/h3-8,16H,1-2,9-15H2,(H,24,30). The summed E-state index contributed by atoms with van der Waals surface area (Å²) in [6, 6.07) is 10.3. The highest BCUT2D eigenvalue weighted by molar-refractivity contribution is 5.89. The number of benzene rings is 1. The van der Waals surface area contributed by atoms with Gasteiger partial charge >= 0.3 is 11.8 Å². The number of nitrogens with one attached hydrogen (secondary N) is 1. The van der Waals surface area contributed by atoms with Gasteiger partial charge in [-0.15, -0.1) is 0 Å². The quantitative estimate of drug-likeness (QED) is 0.567. The lowest BCUT2D eigenvalue weighted by Crippen LogP contribution is -2.50. The normalized spacial score (nSPS) is 16.2. The number of likely N-dealkylation sites (tertiary alicyclic amines) is 1. The fourth-order valence-corrected chi connectivity index (χ4v) is 4.00. The van der Waals surface area contributed by atoms with Crippen molar-refractivity contribution in [1.29, 1.82) is 0 Å². The molecule has 2 aromatic rings. The molecular formula is C22H26N6O4. The average molecular weight is 438 g/mol. The van der Waals surface area contributed by atoms with E-state index in [2.05, 4.69) is 10.3 Å². The topological polar surface area (TPSA) is 112 Å². The second-order valence-electron chi connectivity index (χ2n) is 8.00. The molecule has 0 radical (unpaired) electrons. The van der Waals surface area contributed by atoms with Gasteiger partial charge < -0.3 is 30.1 Å². The molecule has 0 unspecified atom stereocenters. The van der Waals surface area contributed by atoms with Crippen LogP contribution in [0, 0.1) is 10.1 Å². The number of piperazine rings is 1. The maximum absolute atomic E-state index is 12.6. The van der Waals surface area contributed by atoms with Crippen LogP contribution in [0.15, 0.2) is 42.6 Å². The number of anilines is 2. The molecule has 2 fully saturated rings. The molecule has 2 aliphatic rings. The van der Waals surface area contributed by atoms with E-state index in [-0.39, 0.29) is 17.8 Å². The van der Waals surface area contributed by atoms with Crippen molar-refractivity contribution >= 4 is 29.1 Å². The Morgan fingerprint density at radius 1 is 0.938 bits per heavy atom. The summed E-state index contributed by atoms with van der Waals surface area (Å²) in [4.78, 5) is 44.6. The van der Waals surface area contributed by atoms with Crippen LogP contribution in [0.25, 0.3) is 0 Å². The Morgan fingerprint density at radius 3 is 2.22 bits per heavy atom. The van der Waals surface area contributed by atoms with Gasteiger partial charge in [0.2, 0.25) is 5.91 Å². The lowest BCUT2D eigenvalue weighted by Gasteiger charge is -2.35. The Kier molecular flexibility index (Phi) is 6.48. The van der Waals surface area contributed by atoms with E-state index in [1.54, 1.807) is 11.0 Å². The fourth-order valence-electron chi connectivity index (χ4n) is 4.00. The van der Waals surface area contributed by atoms with Crippen LogP contribution in [0.4, 0.5) is 22.0 Å². The SMILES string of the molecule is O=C(Cc1ccc(NC(=O)N2CCN(c3ccc([N+](=O)[O-])nc3)CC2)cc1)N1CCCC1. The molecule has 1 N–H and O–H groups in total. The second-order valence-corrected chi connectivity index (χ2v) is 8.00. The third kappa shape index (κ3) is 5.13. The Balaban J connectivity index is 1.25. The molecule has 3 amide bonds. The molecule has 10 heteroatoms. The number of carbonyl (C=O) groups excluding carboxylic acids is 2. The van der Waals surface area contributed by atoms with Crippen LogP contribution in [-0.4, -0.2) is 70.9 Å². The zero-order valence-corrected chi connectivity index (χ0v) is 17.8. The van der Waals surface area contributed by atoms with Gasteiger partial charge in [0.1, 0.15) is 0 Å². The highest BCUT2D eigenvalue weighted by atomic mass is 16.6. The first kappa shape index (κ1) is 21.5. The number of nitro groups is 1. The third-order valence-corrected chi connectivity index (χ3v) is 5.87. The monoisotopic (exact) mass is 438 g/mol. The largest absolute Gasteiger partial charge is 0.365 e. The summed E-state index contributed by atoms with van der Waals surface area (Å²) in [5, 5.41) is 13.6. The number of urea groups is 1. The molecule has 0 aliphatic carbocycles. The molecule has 0 atom stereocenters. The van der Waals surface area contributed by atoms with Gasteiger partial charge in [0.25, 0.3) is 0 Å². The molecule has 3 heterocycles. The molecule has 0 spiro atoms. The van der Waals surface area contributed by atoms with Gasteiger partial charge in [-0.3, -0.25) is 4.79 Å². The van der Waals surface area contributed by atoms with E-state index < -0.39 is 4.92 Å². The van der Waals surface area contributed by atoms with Crippen molar-refractivity contribution in [3.05, 3.63) is 58.3 Å². The van der Waals surface area contributed by atoms with Crippen molar-refractivity contribution in [1.82, 2.24) is 14.8 Å². The average Bonchev–Trinajstić information content (AvgIpc) is 3.36. The van der Waals surface area contributed by atoms with Crippen LogP contribution in [-0.2, 0) is 11.2 Å². The highest BCUT2D eigenvalue weighted by Crippen LogP contribution is 2.19. The summed E-state index contributed by atoms with van der Waals surface area (Å²) in [5.41, 5.74) is 2.43. The number of pyridine rings is 1. The zero-order valence-electron chi connectivity index (χ0n) is 17.8. The first-order valence-corrected chi connectivity index (χ1v) is 10.8. The van der Waals surface area contributed by atoms with E-state index in [0.29, 0.717) is 38.3 Å². The Morgan fingerprint density at radius 2 is 1.62 bits per heavy atom. The van der Waals surface area contributed by atoms with E-state index in [1.807, 2.05) is 34.1 Å². The van der Waals surface area contributed by atoms with Crippen LogP contribution in [0.3, 0.4) is 0 Å². The van der Waals surface area contributed by atoms with Gasteiger partial charge in [0, 0.05) is 51.0 Å². The summed E-state index contributed by atoms with van der Waals surface area (Å²) in [6.45, 7) is 3.99. The van der Waals surface area contributed by atoms with Crippen molar-refractivity contribution in [2.75, 3.05) is 49.5 Å². The fraction of sp³-hybridized carbons (Fsp3) is 0.409. The molecule has 0 saturated carbocycles. The molecule has 168 valence electrons. The summed E-state index contributed by atoms with van der Waals surface area (Å²) < 4.78 is 0. The molecule has 0 bridgehead atoms. The molecule has 4 rings (SSSR count). The molecule has 2 saturated heterocycles. The van der Waals surface area contributed by atoms with E-state index in [4.69, 9.17) is 0 Å². The summed E-state index contributed by atoms with van der Waals surface area (Å²) in [6.07, 6.45) is 4.03. The first-order valence-electron chi connectivity index (χ1n) is 10.8. The minimum atomic E-state index is -0.524. The second kappa shape index (κ2) is 9.63. The minimum Gasteiger partial charge on any atom is -0.365 e. The van der Waals surface area contributed by atoms with Crippen LogP contribution in [0.5, 0.6) is 0 Å². The molecular weight excluding hydrogens is 412 g/mol. The summed E-state index contributed by atoms with van der Waals surface area (Å²) in [5.74, 6) is -0.0291. The van der Waals surface area contributed by atoms with E-state index in [0.717, 1.165) is 37.2 Å². The Hall–Kier alpha value is -3.69. The number of aromatic nitrogens is 1. The molecule has 1 aromatic carbocycles. The molecule has 1 aromatic heterocycles. The van der Waals surface area contributed by atoms with Crippen molar-refractivity contribution < 1.29 is 14.5 Å². The smallest absolute Gasteiger partial charge is 0.363 e. The maximum Gasteiger partial charge on any atom is 0.363 e. The van der Waals surface area contributed by atoms with Gasteiger partial charge in [-0.2, -0.15) is 0 Å². The minimum absolute atomic E-state index is 0.153. The Bertz CT molecular complexity index is 965. The Labute approximate surface area is 186 Å². The molecule has 2 aliphatic heterocycles. The zero-order chi connectivity index (χ0) is 22.5. The summed E-state index contributed by atoms with van der Waals surface area (Å²) in [7, 11) is 0. The van der Waals surface area contributed by atoms with Gasteiger partial charge in [0.15, 0.2) is 6.20 Å². The lowest BCUT2D eigenvalue weighted by atomic mass is 10.1. The van der Waals surface area contributed by atoms with Crippen LogP contribution in [0.2, 0.25) is 0 Å². The number of hydrogen-bond donors (Lipinski definition) is 1. The molecule has 10 nitrogen and oxygen atoms in total. The maximum atomic E-state index is 12.6. The summed E-state index contributed by atoms with van der Waals surface area (Å²) >= 11 is 0. The van der Waals surface area contributed by atoms with E-state index in [9.17, 15) is 19.7 Å². The van der Waals surface area contributed by atoms with Gasteiger partial charge in [0.05, 0.1) is 12.1 Å². The van der Waals surface area contributed by atoms with Crippen LogP contribution >= 0.6 is 0 Å². The highest BCUT2D eigenvalue weighted by Gasteiger charge is 2.23. The number of nitrogens with zero attached hydrogens (tertiary/aromatic N) is 5. The predicted octanol–water partition coefficient (Wildman–Crippen LogP) is 2.51. The first-order chi connectivity index (χ1) is 15.5. The predicted molar refractivity (Wildman–Crippen MR) is 120 cm³/mol. The molecule has 32 heavy (non-hydrogen) atoms. The number of hydrogen-bond acceptors (Lipinski definition) is 6. The number of rotatable bonds is 5.